The number of ether oxygens (including phenoxy) is 2. The van der Waals surface area contributed by atoms with Gasteiger partial charge in [-0.2, -0.15) is 0 Å². The minimum Gasteiger partial charge on any atom is -0.465 e. The number of hydrogen-bond acceptors (Lipinski definition) is 4. The summed E-state index contributed by atoms with van der Waals surface area (Å²) in [6, 6.07) is 0. The normalized spacial score (nSPS) is 10.6. The van der Waals surface area contributed by atoms with Gasteiger partial charge in [-0.25, -0.2) is 9.59 Å². The molecule has 0 aromatic carbocycles. The second-order valence-corrected chi connectivity index (χ2v) is 7.89. The molecular weight excluding hydrogens is 364 g/mol. The summed E-state index contributed by atoms with van der Waals surface area (Å²) in [7, 11) is 1.24. The van der Waals surface area contributed by atoms with Crippen LogP contribution in [0.15, 0.2) is 24.3 Å². The zero-order valence-electron chi connectivity index (χ0n) is 19.1. The lowest BCUT2D eigenvalue weighted by Crippen LogP contribution is -2.15. The molecule has 0 aliphatic carbocycles. The van der Waals surface area contributed by atoms with Crippen molar-refractivity contribution in [3.05, 3.63) is 24.3 Å². The number of methoxy groups -OCH3 is 1. The number of esters is 2. The molecule has 0 saturated heterocycles. The SMILES string of the molecule is C=C(C(=C)C(=O)OCCCCCCCCCCCCCCCCCC)C(=O)OC. The lowest BCUT2D eigenvalue weighted by atomic mass is 10.0. The standard InChI is InChI=1S/C25H44O4/c1-5-6-7-8-9-10-11-12-13-14-15-16-17-18-19-20-21-29-25(27)23(3)22(2)24(26)28-4/h2-3,5-21H2,1,4H3. The maximum absolute atomic E-state index is 11.8. The molecule has 0 aromatic heterocycles. The largest absolute Gasteiger partial charge is 0.465 e. The number of hydrogen-bond donors (Lipinski definition) is 0. The number of rotatable bonds is 20. The highest BCUT2D eigenvalue weighted by atomic mass is 16.5. The van der Waals surface area contributed by atoms with Crippen molar-refractivity contribution in [1.29, 1.82) is 0 Å². The Labute approximate surface area is 179 Å². The van der Waals surface area contributed by atoms with Crippen LogP contribution in [-0.2, 0) is 19.1 Å². The van der Waals surface area contributed by atoms with Crippen molar-refractivity contribution in [2.75, 3.05) is 13.7 Å². The first-order valence-corrected chi connectivity index (χ1v) is 11.7. The average molecular weight is 409 g/mol. The van der Waals surface area contributed by atoms with E-state index in [1.165, 1.54) is 97.0 Å². The van der Waals surface area contributed by atoms with E-state index >= 15 is 0 Å². The molecule has 0 N–H and O–H groups in total. The summed E-state index contributed by atoms with van der Waals surface area (Å²) >= 11 is 0. The molecule has 0 radical (unpaired) electrons. The lowest BCUT2D eigenvalue weighted by molar-refractivity contribution is -0.141. The second kappa shape index (κ2) is 19.7. The Morgan fingerprint density at radius 1 is 0.586 bits per heavy atom. The van der Waals surface area contributed by atoms with Gasteiger partial charge in [-0.3, -0.25) is 0 Å². The van der Waals surface area contributed by atoms with Gasteiger partial charge in [-0.05, 0) is 6.42 Å². The minimum atomic E-state index is -0.658. The molecule has 0 bridgehead atoms. The predicted octanol–water partition coefficient (Wildman–Crippen LogP) is 7.08. The second-order valence-electron chi connectivity index (χ2n) is 7.89. The molecule has 0 saturated carbocycles. The summed E-state index contributed by atoms with van der Waals surface area (Å²) in [6.45, 7) is 9.66. The van der Waals surface area contributed by atoms with E-state index in [1.807, 2.05) is 0 Å². The van der Waals surface area contributed by atoms with Crippen LogP contribution < -0.4 is 0 Å². The Balaban J connectivity index is 3.35. The fourth-order valence-corrected chi connectivity index (χ4v) is 3.27. The Kier molecular flexibility index (Phi) is 18.6. The van der Waals surface area contributed by atoms with Crippen LogP contribution in [0.25, 0.3) is 0 Å². The van der Waals surface area contributed by atoms with Crippen LogP contribution in [-0.4, -0.2) is 25.7 Å². The van der Waals surface area contributed by atoms with Crippen molar-refractivity contribution in [2.24, 2.45) is 0 Å². The lowest BCUT2D eigenvalue weighted by Gasteiger charge is -2.08. The molecule has 0 aliphatic heterocycles. The number of carbonyl (C=O) groups excluding carboxylic acids is 2. The van der Waals surface area contributed by atoms with Crippen LogP contribution in [0, 0.1) is 0 Å². The van der Waals surface area contributed by atoms with Gasteiger partial charge in [0.1, 0.15) is 0 Å². The van der Waals surface area contributed by atoms with Gasteiger partial charge in [0.2, 0.25) is 0 Å². The van der Waals surface area contributed by atoms with Crippen molar-refractivity contribution in [1.82, 2.24) is 0 Å². The van der Waals surface area contributed by atoms with E-state index in [0.29, 0.717) is 6.61 Å². The Hall–Kier alpha value is -1.58. The molecule has 0 rings (SSSR count). The van der Waals surface area contributed by atoms with E-state index in [-0.39, 0.29) is 11.1 Å². The quantitative estimate of drug-likeness (QED) is 0.0935. The van der Waals surface area contributed by atoms with Crippen LogP contribution >= 0.6 is 0 Å². The van der Waals surface area contributed by atoms with Gasteiger partial charge in [-0.15, -0.1) is 0 Å². The van der Waals surface area contributed by atoms with Crippen molar-refractivity contribution >= 4 is 11.9 Å². The predicted molar refractivity (Wildman–Crippen MR) is 121 cm³/mol. The maximum atomic E-state index is 11.8. The molecule has 0 aromatic rings. The fraction of sp³-hybridized carbons (Fsp3) is 0.760. The van der Waals surface area contributed by atoms with E-state index < -0.39 is 11.9 Å². The van der Waals surface area contributed by atoms with Gasteiger partial charge in [0.15, 0.2) is 0 Å². The third kappa shape index (κ3) is 16.0. The van der Waals surface area contributed by atoms with Crippen molar-refractivity contribution in [2.45, 2.75) is 110 Å². The molecule has 0 atom stereocenters. The van der Waals surface area contributed by atoms with Gasteiger partial charge < -0.3 is 9.47 Å². The third-order valence-corrected chi connectivity index (χ3v) is 5.27. The van der Waals surface area contributed by atoms with Crippen LogP contribution in [0.1, 0.15) is 110 Å². The average Bonchev–Trinajstić information content (AvgIpc) is 2.73. The molecule has 0 heterocycles. The number of carbonyl (C=O) groups is 2. The zero-order valence-corrected chi connectivity index (χ0v) is 19.1. The highest BCUT2D eigenvalue weighted by Gasteiger charge is 2.18. The van der Waals surface area contributed by atoms with Crippen LogP contribution in [0.5, 0.6) is 0 Å². The van der Waals surface area contributed by atoms with Gasteiger partial charge in [0.05, 0.1) is 24.9 Å². The smallest absolute Gasteiger partial charge is 0.338 e. The first-order valence-electron chi connectivity index (χ1n) is 11.7. The van der Waals surface area contributed by atoms with E-state index in [1.54, 1.807) is 0 Å². The highest BCUT2D eigenvalue weighted by Crippen LogP contribution is 2.14. The summed E-state index contributed by atoms with van der Waals surface area (Å²) < 4.78 is 9.65. The first-order chi connectivity index (χ1) is 14.0. The summed E-state index contributed by atoms with van der Waals surface area (Å²) in [5, 5.41) is 0. The van der Waals surface area contributed by atoms with E-state index in [2.05, 4.69) is 24.8 Å². The zero-order chi connectivity index (χ0) is 21.7. The summed E-state index contributed by atoms with van der Waals surface area (Å²) in [6.07, 6.45) is 20.9. The van der Waals surface area contributed by atoms with E-state index in [0.717, 1.165) is 12.8 Å². The molecule has 0 spiro atoms. The highest BCUT2D eigenvalue weighted by molar-refractivity contribution is 6.05. The molecule has 0 aliphatic rings. The van der Waals surface area contributed by atoms with Crippen LogP contribution in [0.2, 0.25) is 0 Å². The van der Waals surface area contributed by atoms with Crippen molar-refractivity contribution in [3.8, 4) is 0 Å². The molecule has 29 heavy (non-hydrogen) atoms. The molecule has 4 nitrogen and oxygen atoms in total. The van der Waals surface area contributed by atoms with Crippen molar-refractivity contribution < 1.29 is 19.1 Å². The van der Waals surface area contributed by atoms with E-state index in [4.69, 9.17) is 4.74 Å². The minimum absolute atomic E-state index is 0.0339. The third-order valence-electron chi connectivity index (χ3n) is 5.27. The first kappa shape index (κ1) is 27.4. The Bertz CT molecular complexity index is 467. The molecule has 168 valence electrons. The van der Waals surface area contributed by atoms with Gasteiger partial charge >= 0.3 is 11.9 Å². The van der Waals surface area contributed by atoms with Gasteiger partial charge in [-0.1, -0.05) is 116 Å². The maximum Gasteiger partial charge on any atom is 0.338 e. The summed E-state index contributed by atoms with van der Waals surface area (Å²) in [5.41, 5.74) is -0.0854. The molecule has 0 amide bonds. The molecule has 0 fully saturated rings. The number of unbranched alkanes of at least 4 members (excludes halogenated alkanes) is 15. The van der Waals surface area contributed by atoms with E-state index in [9.17, 15) is 9.59 Å². The monoisotopic (exact) mass is 408 g/mol. The topological polar surface area (TPSA) is 52.6 Å². The summed E-state index contributed by atoms with van der Waals surface area (Å²) in [4.78, 5) is 23.1. The van der Waals surface area contributed by atoms with Crippen LogP contribution in [0.3, 0.4) is 0 Å². The van der Waals surface area contributed by atoms with Crippen LogP contribution in [0.4, 0.5) is 0 Å². The molecule has 4 heteroatoms. The fourth-order valence-electron chi connectivity index (χ4n) is 3.27. The Morgan fingerprint density at radius 3 is 1.31 bits per heavy atom. The summed E-state index contributed by atoms with van der Waals surface area (Å²) in [5.74, 6) is -1.25. The molecular formula is C25H44O4. The Morgan fingerprint density at radius 2 is 0.931 bits per heavy atom. The van der Waals surface area contributed by atoms with Gasteiger partial charge in [0.25, 0.3) is 0 Å². The molecule has 0 unspecified atom stereocenters. The van der Waals surface area contributed by atoms with Crippen molar-refractivity contribution in [3.63, 3.8) is 0 Å². The van der Waals surface area contributed by atoms with Gasteiger partial charge in [0, 0.05) is 0 Å².